The molecule has 0 aliphatic carbocycles. The Hall–Kier alpha value is -2.50. The van der Waals surface area contributed by atoms with Crippen molar-refractivity contribution in [1.82, 2.24) is 9.88 Å². The van der Waals surface area contributed by atoms with Gasteiger partial charge in [-0.05, 0) is 23.6 Å². The third kappa shape index (κ3) is 3.94. The van der Waals surface area contributed by atoms with Gasteiger partial charge in [-0.1, -0.05) is 60.7 Å². The third-order valence-electron chi connectivity index (χ3n) is 5.23. The van der Waals surface area contributed by atoms with Crippen LogP contribution >= 0.6 is 11.3 Å². The Balaban J connectivity index is 1.47. The zero-order chi connectivity index (χ0) is 18.6. The SMILES string of the molecule is NC[C@@H]1CN(C(=O)c2csc(Cc3ccccc3)n2)C[C@H]1c1ccccc1. The molecular weight excluding hydrogens is 354 g/mol. The molecule has 4 nitrogen and oxygen atoms in total. The van der Waals surface area contributed by atoms with E-state index in [1.54, 1.807) is 11.3 Å². The number of rotatable bonds is 5. The van der Waals surface area contributed by atoms with Crippen molar-refractivity contribution in [2.45, 2.75) is 12.3 Å². The largest absolute Gasteiger partial charge is 0.336 e. The van der Waals surface area contributed by atoms with Gasteiger partial charge in [0, 0.05) is 30.8 Å². The van der Waals surface area contributed by atoms with Crippen LogP contribution in [0.5, 0.6) is 0 Å². The fourth-order valence-electron chi connectivity index (χ4n) is 3.78. The predicted molar refractivity (Wildman–Crippen MR) is 109 cm³/mol. The van der Waals surface area contributed by atoms with Crippen LogP contribution in [0.1, 0.15) is 32.5 Å². The first-order valence-electron chi connectivity index (χ1n) is 9.27. The molecule has 1 saturated heterocycles. The quantitative estimate of drug-likeness (QED) is 0.740. The highest BCUT2D eigenvalue weighted by Gasteiger charge is 2.36. The number of amides is 1. The third-order valence-corrected chi connectivity index (χ3v) is 6.08. The number of carbonyl (C=O) groups is 1. The molecule has 2 atom stereocenters. The standard InChI is InChI=1S/C22H23N3OS/c23-12-18-13-25(14-19(18)17-9-5-2-6-10-17)22(26)20-15-27-21(24-20)11-16-7-3-1-4-8-16/h1-10,15,18-19H,11-14,23H2/t18-,19+/m1/s1. The van der Waals surface area contributed by atoms with E-state index in [0.717, 1.165) is 11.4 Å². The van der Waals surface area contributed by atoms with Crippen molar-refractivity contribution in [3.8, 4) is 0 Å². The number of aromatic nitrogens is 1. The Morgan fingerprint density at radius 1 is 1.07 bits per heavy atom. The molecule has 5 heteroatoms. The van der Waals surface area contributed by atoms with Gasteiger partial charge in [-0.3, -0.25) is 4.79 Å². The molecule has 0 saturated carbocycles. The lowest BCUT2D eigenvalue weighted by atomic mass is 9.89. The normalized spacial score (nSPS) is 19.4. The van der Waals surface area contributed by atoms with Gasteiger partial charge in [0.2, 0.25) is 0 Å². The smallest absolute Gasteiger partial charge is 0.273 e. The van der Waals surface area contributed by atoms with Crippen LogP contribution in [0.15, 0.2) is 66.0 Å². The number of nitrogens with two attached hydrogens (primary N) is 1. The van der Waals surface area contributed by atoms with Crippen LogP contribution in [-0.2, 0) is 6.42 Å². The minimum Gasteiger partial charge on any atom is -0.336 e. The van der Waals surface area contributed by atoms with Crippen molar-refractivity contribution >= 4 is 17.2 Å². The second kappa shape index (κ2) is 8.03. The Bertz CT molecular complexity index is 894. The number of nitrogens with zero attached hydrogens (tertiary/aromatic N) is 2. The Morgan fingerprint density at radius 2 is 1.78 bits per heavy atom. The summed E-state index contributed by atoms with van der Waals surface area (Å²) in [5.41, 5.74) is 9.02. The van der Waals surface area contributed by atoms with Crippen LogP contribution in [0.25, 0.3) is 0 Å². The summed E-state index contributed by atoms with van der Waals surface area (Å²) >= 11 is 1.55. The summed E-state index contributed by atoms with van der Waals surface area (Å²) in [6, 6.07) is 20.6. The Kier molecular flexibility index (Phi) is 5.32. The Morgan fingerprint density at radius 3 is 2.48 bits per heavy atom. The zero-order valence-corrected chi connectivity index (χ0v) is 15.9. The fraction of sp³-hybridized carbons (Fsp3) is 0.273. The van der Waals surface area contributed by atoms with Gasteiger partial charge in [0.1, 0.15) is 5.69 Å². The maximum Gasteiger partial charge on any atom is 0.273 e. The van der Waals surface area contributed by atoms with E-state index in [9.17, 15) is 4.79 Å². The molecule has 0 unspecified atom stereocenters. The molecule has 2 N–H and O–H groups in total. The average Bonchev–Trinajstić information content (AvgIpc) is 3.36. The lowest BCUT2D eigenvalue weighted by molar-refractivity contribution is 0.0781. The van der Waals surface area contributed by atoms with Crippen molar-refractivity contribution in [1.29, 1.82) is 0 Å². The highest BCUT2D eigenvalue weighted by atomic mass is 32.1. The molecule has 1 aliphatic rings. The van der Waals surface area contributed by atoms with Crippen molar-refractivity contribution < 1.29 is 4.79 Å². The van der Waals surface area contributed by atoms with E-state index in [0.29, 0.717) is 37.2 Å². The zero-order valence-electron chi connectivity index (χ0n) is 15.1. The molecule has 1 aliphatic heterocycles. The summed E-state index contributed by atoms with van der Waals surface area (Å²) < 4.78 is 0. The van der Waals surface area contributed by atoms with Gasteiger partial charge in [-0.2, -0.15) is 0 Å². The minimum atomic E-state index is 0.0162. The number of likely N-dealkylation sites (tertiary alicyclic amines) is 1. The summed E-state index contributed by atoms with van der Waals surface area (Å²) in [6.45, 7) is 1.98. The van der Waals surface area contributed by atoms with E-state index < -0.39 is 0 Å². The highest BCUT2D eigenvalue weighted by molar-refractivity contribution is 7.09. The second-order valence-electron chi connectivity index (χ2n) is 7.01. The molecule has 4 rings (SSSR count). The molecule has 27 heavy (non-hydrogen) atoms. The van der Waals surface area contributed by atoms with Crippen LogP contribution in [0.4, 0.5) is 0 Å². The molecule has 2 aromatic carbocycles. The van der Waals surface area contributed by atoms with Gasteiger partial charge in [-0.25, -0.2) is 4.98 Å². The van der Waals surface area contributed by atoms with Gasteiger partial charge >= 0.3 is 0 Å². The van der Waals surface area contributed by atoms with Crippen LogP contribution in [0.2, 0.25) is 0 Å². The van der Waals surface area contributed by atoms with Gasteiger partial charge in [-0.15, -0.1) is 11.3 Å². The molecule has 1 fully saturated rings. The highest BCUT2D eigenvalue weighted by Crippen LogP contribution is 2.33. The summed E-state index contributed by atoms with van der Waals surface area (Å²) in [5.74, 6) is 0.601. The molecule has 138 valence electrons. The van der Waals surface area contributed by atoms with Gasteiger partial charge in [0.25, 0.3) is 5.91 Å². The fourth-order valence-corrected chi connectivity index (χ4v) is 4.58. The molecule has 0 spiro atoms. The van der Waals surface area contributed by atoms with Crippen LogP contribution < -0.4 is 5.73 Å². The molecule has 1 amide bonds. The summed E-state index contributed by atoms with van der Waals surface area (Å²) in [4.78, 5) is 19.5. The van der Waals surface area contributed by atoms with E-state index in [-0.39, 0.29) is 5.91 Å². The molecular formula is C22H23N3OS. The number of thiazole rings is 1. The maximum absolute atomic E-state index is 13.0. The predicted octanol–water partition coefficient (Wildman–Crippen LogP) is 3.55. The van der Waals surface area contributed by atoms with Crippen molar-refractivity contribution in [3.63, 3.8) is 0 Å². The van der Waals surface area contributed by atoms with E-state index in [2.05, 4.69) is 29.2 Å². The minimum absolute atomic E-state index is 0.0162. The van der Waals surface area contributed by atoms with E-state index >= 15 is 0 Å². The monoisotopic (exact) mass is 377 g/mol. The lowest BCUT2D eigenvalue weighted by Crippen LogP contribution is -2.30. The number of hydrogen-bond donors (Lipinski definition) is 1. The molecule has 2 heterocycles. The first-order valence-corrected chi connectivity index (χ1v) is 10.1. The van der Waals surface area contributed by atoms with Crippen molar-refractivity contribution in [2.24, 2.45) is 11.7 Å². The second-order valence-corrected chi connectivity index (χ2v) is 7.95. The first-order chi connectivity index (χ1) is 13.2. The van der Waals surface area contributed by atoms with E-state index in [1.165, 1.54) is 11.1 Å². The van der Waals surface area contributed by atoms with E-state index in [1.807, 2.05) is 46.7 Å². The summed E-state index contributed by atoms with van der Waals surface area (Å²) in [7, 11) is 0. The Labute approximate surface area is 163 Å². The molecule has 1 aromatic heterocycles. The molecule has 0 bridgehead atoms. The van der Waals surface area contributed by atoms with Gasteiger partial charge in [0.05, 0.1) is 5.01 Å². The van der Waals surface area contributed by atoms with Crippen molar-refractivity contribution in [2.75, 3.05) is 19.6 Å². The van der Waals surface area contributed by atoms with Crippen LogP contribution in [-0.4, -0.2) is 35.4 Å². The van der Waals surface area contributed by atoms with Crippen molar-refractivity contribution in [3.05, 3.63) is 87.9 Å². The molecule has 3 aromatic rings. The summed E-state index contributed by atoms with van der Waals surface area (Å²) in [5, 5.41) is 2.85. The number of hydrogen-bond acceptors (Lipinski definition) is 4. The van der Waals surface area contributed by atoms with Crippen LogP contribution in [0, 0.1) is 5.92 Å². The lowest BCUT2D eigenvalue weighted by Gasteiger charge is -2.16. The topological polar surface area (TPSA) is 59.2 Å². The number of benzene rings is 2. The van der Waals surface area contributed by atoms with E-state index in [4.69, 9.17) is 5.73 Å². The average molecular weight is 378 g/mol. The van der Waals surface area contributed by atoms with Gasteiger partial charge < -0.3 is 10.6 Å². The molecule has 0 radical (unpaired) electrons. The maximum atomic E-state index is 13.0. The number of carbonyl (C=O) groups excluding carboxylic acids is 1. The first kappa shape index (κ1) is 17.9. The van der Waals surface area contributed by atoms with Crippen LogP contribution in [0.3, 0.4) is 0 Å². The van der Waals surface area contributed by atoms with Gasteiger partial charge in [0.15, 0.2) is 0 Å². The summed E-state index contributed by atoms with van der Waals surface area (Å²) in [6.07, 6.45) is 0.761.